The van der Waals surface area contributed by atoms with Gasteiger partial charge in [0.25, 0.3) is 5.75 Å². The predicted molar refractivity (Wildman–Crippen MR) is 113 cm³/mol. The van der Waals surface area contributed by atoms with Crippen molar-refractivity contribution in [3.05, 3.63) is 41.2 Å². The number of phenolic OH excluding ortho intramolecular Hbond substituents is 4. The summed E-state index contributed by atoms with van der Waals surface area (Å²) in [7, 11) is 1.49. The van der Waals surface area contributed by atoms with Gasteiger partial charge in [0.2, 0.25) is 6.29 Å². The number of benzene rings is 2. The number of aliphatic hydroxyl groups excluding tert-OH is 4. The summed E-state index contributed by atoms with van der Waals surface area (Å²) in [5.74, 6) is -1.68. The van der Waals surface area contributed by atoms with Gasteiger partial charge in [-0.3, -0.25) is 0 Å². The zero-order valence-corrected chi connectivity index (χ0v) is 17.8. The van der Waals surface area contributed by atoms with Crippen LogP contribution in [0.4, 0.5) is 0 Å². The van der Waals surface area contributed by atoms with E-state index in [0.29, 0.717) is 11.3 Å². The fourth-order valence-corrected chi connectivity index (χ4v) is 3.83. The van der Waals surface area contributed by atoms with E-state index in [1.807, 2.05) is 0 Å². The number of hydrogen-bond donors (Lipinski definition) is 8. The van der Waals surface area contributed by atoms with Crippen molar-refractivity contribution in [1.82, 2.24) is 0 Å². The molecule has 0 radical (unpaired) electrons. The SMILES string of the molecule is C[OH+]c1cc(O)cc2c1C=C(OC1OC(CO)C(O)C(O)C1O)C(c1cc(O)c(O)c(O)c1)O2. The molecule has 0 bridgehead atoms. The molecule has 2 aliphatic heterocycles. The van der Waals surface area contributed by atoms with Crippen LogP contribution in [0.2, 0.25) is 0 Å². The summed E-state index contributed by atoms with van der Waals surface area (Å²) in [6.07, 6.45) is -7.49. The standard InChI is InChI=1S/C22H24O12/c1-31-13-4-9(24)5-14-10(13)6-15(21(32-14)8-2-11(25)17(27)12(26)3-8)33-22-20(30)19(29)18(28)16(7-23)34-22/h2-6,16,18-30H,7H2,1H3/p+1. The minimum absolute atomic E-state index is 0.0306. The molecule has 0 spiro atoms. The molecular formula is C22H25O12+. The summed E-state index contributed by atoms with van der Waals surface area (Å²) in [4.78, 5) is 0. The fraction of sp³-hybridized carbons (Fsp3) is 0.364. The summed E-state index contributed by atoms with van der Waals surface area (Å²) in [5, 5.41) is 79.6. The summed E-state index contributed by atoms with van der Waals surface area (Å²) in [6.45, 7) is -0.662. The number of rotatable bonds is 5. The van der Waals surface area contributed by atoms with Crippen LogP contribution in [0.1, 0.15) is 17.2 Å². The number of fused-ring (bicyclic) bond motifs is 1. The van der Waals surface area contributed by atoms with E-state index in [-0.39, 0.29) is 22.8 Å². The van der Waals surface area contributed by atoms with E-state index in [1.165, 1.54) is 25.3 Å². The molecule has 4 rings (SSSR count). The number of aromatic hydroxyl groups is 5. The van der Waals surface area contributed by atoms with Crippen LogP contribution in [0.25, 0.3) is 6.08 Å². The number of aliphatic hydroxyl groups is 5. The Balaban J connectivity index is 1.78. The molecule has 6 unspecified atom stereocenters. The van der Waals surface area contributed by atoms with Gasteiger partial charge in [0.1, 0.15) is 47.2 Å². The molecule has 0 saturated carbocycles. The lowest BCUT2D eigenvalue weighted by Gasteiger charge is -2.41. The lowest BCUT2D eigenvalue weighted by atomic mass is 9.98. The highest BCUT2D eigenvalue weighted by Crippen LogP contribution is 2.47. The van der Waals surface area contributed by atoms with Gasteiger partial charge in [-0.25, -0.2) is 0 Å². The average molecular weight is 481 g/mol. The molecule has 2 aromatic rings. The Bertz CT molecular complexity index is 1070. The van der Waals surface area contributed by atoms with Gasteiger partial charge in [-0.05, 0) is 12.1 Å². The van der Waals surface area contributed by atoms with Crippen molar-refractivity contribution in [2.24, 2.45) is 0 Å². The first-order valence-corrected chi connectivity index (χ1v) is 10.2. The maximum Gasteiger partial charge on any atom is 0.269 e. The predicted octanol–water partition coefficient (Wildman–Crippen LogP) is -0.329. The molecule has 6 atom stereocenters. The fourth-order valence-electron chi connectivity index (χ4n) is 3.83. The van der Waals surface area contributed by atoms with Crippen molar-refractivity contribution in [1.29, 1.82) is 0 Å². The maximum atomic E-state index is 10.4. The summed E-state index contributed by atoms with van der Waals surface area (Å²) in [6, 6.07) is 4.92. The van der Waals surface area contributed by atoms with Crippen molar-refractivity contribution >= 4 is 6.08 Å². The second-order valence-electron chi connectivity index (χ2n) is 7.87. The molecule has 2 aromatic carbocycles. The summed E-state index contributed by atoms with van der Waals surface area (Å²) in [5.41, 5.74) is 0.510. The summed E-state index contributed by atoms with van der Waals surface area (Å²) < 4.78 is 21.3. The van der Waals surface area contributed by atoms with Gasteiger partial charge in [-0.2, -0.15) is 0 Å². The van der Waals surface area contributed by atoms with E-state index >= 15 is 0 Å². The Labute approximate surface area is 192 Å². The van der Waals surface area contributed by atoms with Gasteiger partial charge in [0, 0.05) is 17.7 Å². The molecule has 12 heteroatoms. The van der Waals surface area contributed by atoms with Crippen LogP contribution in [-0.4, -0.2) is 90.0 Å². The van der Waals surface area contributed by atoms with E-state index in [4.69, 9.17) is 14.2 Å². The minimum atomic E-state index is -1.71. The van der Waals surface area contributed by atoms with E-state index in [2.05, 4.69) is 4.74 Å². The van der Waals surface area contributed by atoms with Gasteiger partial charge in [-0.1, -0.05) is 0 Å². The molecule has 184 valence electrons. The highest BCUT2D eigenvalue weighted by molar-refractivity contribution is 5.70. The monoisotopic (exact) mass is 481 g/mol. The quantitative estimate of drug-likeness (QED) is 0.205. The number of hydrogen-bond acceptors (Lipinski definition) is 11. The van der Waals surface area contributed by atoms with Gasteiger partial charge in [0.15, 0.2) is 30.5 Å². The molecule has 1 fully saturated rings. The second kappa shape index (κ2) is 9.08. The van der Waals surface area contributed by atoms with Crippen LogP contribution in [0.15, 0.2) is 30.0 Å². The molecule has 0 aliphatic carbocycles. The van der Waals surface area contributed by atoms with Crippen LogP contribution in [0.5, 0.6) is 34.5 Å². The van der Waals surface area contributed by atoms with E-state index in [9.17, 15) is 40.9 Å². The van der Waals surface area contributed by atoms with Gasteiger partial charge in [0.05, 0.1) is 12.7 Å². The number of phenols is 4. The van der Waals surface area contributed by atoms with Gasteiger partial charge in [-0.15, -0.1) is 0 Å². The van der Waals surface area contributed by atoms with Crippen LogP contribution >= 0.6 is 0 Å². The first-order valence-electron chi connectivity index (χ1n) is 10.2. The molecule has 0 amide bonds. The first-order chi connectivity index (χ1) is 16.1. The highest BCUT2D eigenvalue weighted by Gasteiger charge is 2.46. The lowest BCUT2D eigenvalue weighted by molar-refractivity contribution is -0.293. The van der Waals surface area contributed by atoms with Gasteiger partial charge < -0.3 is 59.8 Å². The zero-order valence-electron chi connectivity index (χ0n) is 17.8. The Hall–Kier alpha value is -3.42. The van der Waals surface area contributed by atoms with E-state index in [0.717, 1.165) is 12.1 Å². The topological polar surface area (TPSA) is 202 Å². The van der Waals surface area contributed by atoms with Crippen LogP contribution in [-0.2, 0) is 9.47 Å². The Kier molecular flexibility index (Phi) is 6.34. The lowest BCUT2D eigenvalue weighted by Crippen LogP contribution is -2.59. The largest absolute Gasteiger partial charge is 0.584 e. The van der Waals surface area contributed by atoms with Crippen molar-refractivity contribution in [3.8, 4) is 34.5 Å². The molecule has 12 nitrogen and oxygen atoms in total. The molecular weight excluding hydrogens is 456 g/mol. The molecule has 2 heterocycles. The van der Waals surface area contributed by atoms with Crippen molar-refractivity contribution in [2.45, 2.75) is 36.8 Å². The molecule has 34 heavy (non-hydrogen) atoms. The van der Waals surface area contributed by atoms with Crippen molar-refractivity contribution in [2.75, 3.05) is 13.7 Å². The molecule has 1 saturated heterocycles. The maximum absolute atomic E-state index is 10.4. The van der Waals surface area contributed by atoms with Crippen LogP contribution in [0, 0.1) is 0 Å². The summed E-state index contributed by atoms with van der Waals surface area (Å²) >= 11 is 0. The average Bonchev–Trinajstić information content (AvgIpc) is 2.81. The van der Waals surface area contributed by atoms with E-state index < -0.39 is 60.7 Å². The third kappa shape index (κ3) is 4.13. The third-order valence-electron chi connectivity index (χ3n) is 5.63. The number of ether oxygens (including phenoxy) is 4. The highest BCUT2D eigenvalue weighted by atomic mass is 16.7. The van der Waals surface area contributed by atoms with Crippen molar-refractivity contribution < 1.29 is 59.8 Å². The van der Waals surface area contributed by atoms with Crippen molar-refractivity contribution in [3.63, 3.8) is 0 Å². The second-order valence-corrected chi connectivity index (χ2v) is 7.87. The smallest absolute Gasteiger partial charge is 0.269 e. The Morgan fingerprint density at radius 2 is 1.62 bits per heavy atom. The zero-order chi connectivity index (χ0) is 24.7. The molecule has 9 N–H and O–H groups in total. The van der Waals surface area contributed by atoms with Crippen LogP contribution < -0.4 is 4.74 Å². The normalized spacial score (nSPS) is 28.4. The Morgan fingerprint density at radius 3 is 2.24 bits per heavy atom. The van der Waals surface area contributed by atoms with Gasteiger partial charge >= 0.3 is 0 Å². The van der Waals surface area contributed by atoms with Crippen LogP contribution in [0.3, 0.4) is 0 Å². The minimum Gasteiger partial charge on any atom is -0.584 e. The first kappa shape index (κ1) is 23.7. The molecule has 2 aliphatic rings. The molecule has 0 aromatic heterocycles. The third-order valence-corrected chi connectivity index (χ3v) is 5.63. The van der Waals surface area contributed by atoms with E-state index in [1.54, 1.807) is 0 Å². The Morgan fingerprint density at radius 1 is 0.941 bits per heavy atom.